The highest BCUT2D eigenvalue weighted by atomic mass is 35.5. The lowest BCUT2D eigenvalue weighted by Crippen LogP contribution is -1.88. The maximum atomic E-state index is 6.45. The quantitative estimate of drug-likeness (QED) is 0.413. The Bertz CT molecular complexity index is 955. The first-order chi connectivity index (χ1) is 11.8. The molecule has 0 spiro atoms. The highest BCUT2D eigenvalue weighted by Gasteiger charge is 2.10. The number of aryl methyl sites for hydroxylation is 2. The topological polar surface area (TPSA) is 13.1 Å². The second kappa shape index (κ2) is 6.54. The van der Waals surface area contributed by atoms with Crippen LogP contribution in [-0.4, -0.2) is 0 Å². The van der Waals surface area contributed by atoms with Gasteiger partial charge in [-0.15, -0.1) is 0 Å². The van der Waals surface area contributed by atoms with Crippen LogP contribution >= 0.6 is 11.6 Å². The van der Waals surface area contributed by atoms with Gasteiger partial charge >= 0.3 is 0 Å². The molecular formula is C22H17ClO. The summed E-state index contributed by atoms with van der Waals surface area (Å²) < 4.78 is 5.98. The third-order valence-electron chi connectivity index (χ3n) is 4.23. The van der Waals surface area contributed by atoms with E-state index in [1.54, 1.807) is 0 Å². The standard InChI is InChI=1S/C22H17ClO/c23-21-15-18(17-9-5-2-6-10-17)13-19-14-20(24-22(19)21)12-11-16-7-3-1-4-8-16/h1-10,13-15H,11-12H2. The molecule has 1 nitrogen and oxygen atoms in total. The van der Waals surface area contributed by atoms with E-state index >= 15 is 0 Å². The fourth-order valence-corrected chi connectivity index (χ4v) is 3.26. The molecule has 4 rings (SSSR count). The van der Waals surface area contributed by atoms with Crippen molar-refractivity contribution < 1.29 is 4.42 Å². The van der Waals surface area contributed by atoms with E-state index in [2.05, 4.69) is 48.5 Å². The number of rotatable bonds is 4. The van der Waals surface area contributed by atoms with Crippen molar-refractivity contribution in [2.75, 3.05) is 0 Å². The van der Waals surface area contributed by atoms with Crippen LogP contribution in [0.15, 0.2) is 83.3 Å². The van der Waals surface area contributed by atoms with E-state index in [4.69, 9.17) is 16.0 Å². The van der Waals surface area contributed by atoms with Gasteiger partial charge in [0.1, 0.15) is 5.76 Å². The molecule has 0 aliphatic carbocycles. The molecule has 24 heavy (non-hydrogen) atoms. The van der Waals surface area contributed by atoms with Gasteiger partial charge in [-0.3, -0.25) is 0 Å². The van der Waals surface area contributed by atoms with E-state index < -0.39 is 0 Å². The Hall–Kier alpha value is -2.51. The van der Waals surface area contributed by atoms with Gasteiger partial charge in [0.2, 0.25) is 0 Å². The minimum atomic E-state index is 0.664. The van der Waals surface area contributed by atoms with Gasteiger partial charge in [-0.1, -0.05) is 72.3 Å². The van der Waals surface area contributed by atoms with Gasteiger partial charge in [-0.05, 0) is 41.3 Å². The number of hydrogen-bond donors (Lipinski definition) is 0. The molecule has 1 aromatic heterocycles. The molecule has 0 saturated carbocycles. The predicted octanol–water partition coefficient (Wildman–Crippen LogP) is 6.54. The van der Waals surface area contributed by atoms with Crippen molar-refractivity contribution in [3.63, 3.8) is 0 Å². The van der Waals surface area contributed by atoms with E-state index in [1.165, 1.54) is 5.56 Å². The highest BCUT2D eigenvalue weighted by Crippen LogP contribution is 2.33. The lowest BCUT2D eigenvalue weighted by atomic mass is 10.0. The lowest BCUT2D eigenvalue weighted by molar-refractivity contribution is 0.547. The van der Waals surface area contributed by atoms with E-state index in [-0.39, 0.29) is 0 Å². The van der Waals surface area contributed by atoms with Crippen molar-refractivity contribution in [1.82, 2.24) is 0 Å². The molecule has 2 heteroatoms. The number of furan rings is 1. The fraction of sp³-hybridized carbons (Fsp3) is 0.0909. The third-order valence-corrected chi connectivity index (χ3v) is 4.51. The molecule has 118 valence electrons. The van der Waals surface area contributed by atoms with Crippen LogP contribution in [-0.2, 0) is 12.8 Å². The van der Waals surface area contributed by atoms with Crippen LogP contribution in [0.2, 0.25) is 5.02 Å². The van der Waals surface area contributed by atoms with Gasteiger partial charge in [0.05, 0.1) is 5.02 Å². The Kier molecular flexibility index (Phi) is 4.10. The molecule has 0 fully saturated rings. The summed E-state index contributed by atoms with van der Waals surface area (Å²) in [7, 11) is 0. The summed E-state index contributed by atoms with van der Waals surface area (Å²) in [6.07, 6.45) is 1.83. The molecule has 0 saturated heterocycles. The number of benzene rings is 3. The van der Waals surface area contributed by atoms with Gasteiger partial charge in [0.15, 0.2) is 5.58 Å². The Morgan fingerprint density at radius 1 is 0.708 bits per heavy atom. The van der Waals surface area contributed by atoms with Crippen molar-refractivity contribution in [2.45, 2.75) is 12.8 Å². The molecule has 1 heterocycles. The molecule has 0 bridgehead atoms. The van der Waals surface area contributed by atoms with Crippen molar-refractivity contribution in [1.29, 1.82) is 0 Å². The van der Waals surface area contributed by atoms with Crippen molar-refractivity contribution in [3.8, 4) is 11.1 Å². The highest BCUT2D eigenvalue weighted by molar-refractivity contribution is 6.35. The summed E-state index contributed by atoms with van der Waals surface area (Å²) in [6, 6.07) is 27.0. The van der Waals surface area contributed by atoms with Crippen LogP contribution in [0.1, 0.15) is 11.3 Å². The van der Waals surface area contributed by atoms with Crippen LogP contribution in [0.3, 0.4) is 0 Å². The molecule has 0 N–H and O–H groups in total. The number of fused-ring (bicyclic) bond motifs is 1. The Labute approximate surface area is 146 Å². The molecular weight excluding hydrogens is 316 g/mol. The van der Waals surface area contributed by atoms with Gasteiger partial charge in [0.25, 0.3) is 0 Å². The first-order valence-electron chi connectivity index (χ1n) is 8.11. The molecule has 0 aliphatic heterocycles. The summed E-state index contributed by atoms with van der Waals surface area (Å²) in [5.74, 6) is 0.973. The maximum Gasteiger partial charge on any atom is 0.152 e. The smallest absolute Gasteiger partial charge is 0.152 e. The predicted molar refractivity (Wildman–Crippen MR) is 101 cm³/mol. The van der Waals surface area contributed by atoms with Crippen LogP contribution < -0.4 is 0 Å². The van der Waals surface area contributed by atoms with Gasteiger partial charge in [-0.25, -0.2) is 0 Å². The van der Waals surface area contributed by atoms with Crippen molar-refractivity contribution >= 4 is 22.6 Å². The van der Waals surface area contributed by atoms with Gasteiger partial charge in [-0.2, -0.15) is 0 Å². The summed E-state index contributed by atoms with van der Waals surface area (Å²) in [5, 5.41) is 1.72. The normalized spacial score (nSPS) is 11.0. The first-order valence-corrected chi connectivity index (χ1v) is 8.49. The Morgan fingerprint density at radius 2 is 1.42 bits per heavy atom. The zero-order valence-corrected chi connectivity index (χ0v) is 14.0. The van der Waals surface area contributed by atoms with Crippen LogP contribution in [0, 0.1) is 0 Å². The third kappa shape index (κ3) is 3.08. The fourth-order valence-electron chi connectivity index (χ4n) is 3.00. The Morgan fingerprint density at radius 3 is 2.17 bits per heavy atom. The average molecular weight is 333 g/mol. The van der Waals surface area contributed by atoms with E-state index in [1.807, 2.05) is 30.3 Å². The minimum absolute atomic E-state index is 0.664. The van der Waals surface area contributed by atoms with Gasteiger partial charge in [0, 0.05) is 11.8 Å². The number of halogens is 1. The largest absolute Gasteiger partial charge is 0.459 e. The molecule has 3 aromatic carbocycles. The minimum Gasteiger partial charge on any atom is -0.459 e. The van der Waals surface area contributed by atoms with Crippen LogP contribution in [0.25, 0.3) is 22.1 Å². The van der Waals surface area contributed by atoms with Gasteiger partial charge < -0.3 is 4.42 Å². The monoisotopic (exact) mass is 332 g/mol. The zero-order chi connectivity index (χ0) is 16.4. The summed E-state index contributed by atoms with van der Waals surface area (Å²) in [5.41, 5.74) is 4.37. The van der Waals surface area contributed by atoms with E-state index in [0.717, 1.165) is 40.7 Å². The first kappa shape index (κ1) is 15.0. The Balaban J connectivity index is 1.64. The maximum absolute atomic E-state index is 6.45. The summed E-state index contributed by atoms with van der Waals surface area (Å²) >= 11 is 6.45. The lowest BCUT2D eigenvalue weighted by Gasteiger charge is -2.02. The van der Waals surface area contributed by atoms with Crippen molar-refractivity contribution in [2.24, 2.45) is 0 Å². The molecule has 0 unspecified atom stereocenters. The molecule has 0 aliphatic rings. The molecule has 0 amide bonds. The molecule has 0 atom stereocenters. The second-order valence-electron chi connectivity index (χ2n) is 5.94. The number of hydrogen-bond acceptors (Lipinski definition) is 1. The molecule has 0 radical (unpaired) electrons. The SMILES string of the molecule is Clc1cc(-c2ccccc2)cc2cc(CCc3ccccc3)oc12. The van der Waals surface area contributed by atoms with E-state index in [9.17, 15) is 0 Å². The second-order valence-corrected chi connectivity index (χ2v) is 6.35. The van der Waals surface area contributed by atoms with Crippen LogP contribution in [0.5, 0.6) is 0 Å². The summed E-state index contributed by atoms with van der Waals surface area (Å²) in [6.45, 7) is 0. The van der Waals surface area contributed by atoms with Crippen molar-refractivity contribution in [3.05, 3.63) is 95.2 Å². The average Bonchev–Trinajstić information content (AvgIpc) is 3.05. The molecule has 4 aromatic rings. The van der Waals surface area contributed by atoms with E-state index in [0.29, 0.717) is 5.02 Å². The summed E-state index contributed by atoms with van der Waals surface area (Å²) in [4.78, 5) is 0. The van der Waals surface area contributed by atoms with Crippen LogP contribution in [0.4, 0.5) is 0 Å². The zero-order valence-electron chi connectivity index (χ0n) is 13.2.